The second-order valence-electron chi connectivity index (χ2n) is 11.4. The lowest BCUT2D eigenvalue weighted by Crippen LogP contribution is -2.42. The number of hydrogen-bond acceptors (Lipinski definition) is 5. The molecule has 0 amide bonds. The summed E-state index contributed by atoms with van der Waals surface area (Å²) in [6.45, 7) is 29.5. The predicted octanol–water partition coefficient (Wildman–Crippen LogP) is 8.93. The average Bonchev–Trinajstić information content (AvgIpc) is 3.23. The van der Waals surface area contributed by atoms with Crippen molar-refractivity contribution in [2.45, 2.75) is 107 Å². The first-order chi connectivity index (χ1) is 20.9. The molecule has 248 valence electrons. The van der Waals surface area contributed by atoms with Crippen LogP contribution in [0.15, 0.2) is 42.0 Å². The monoisotopic (exact) mass is 600 g/mol. The molecule has 0 bridgehead atoms. The molecule has 3 unspecified atom stereocenters. The molecule has 2 aliphatic rings. The van der Waals surface area contributed by atoms with Gasteiger partial charge in [0.15, 0.2) is 0 Å². The van der Waals surface area contributed by atoms with Crippen molar-refractivity contribution < 1.29 is 9.53 Å². The summed E-state index contributed by atoms with van der Waals surface area (Å²) in [7, 11) is 1.78. The standard InChI is InChI=1S/C30H47N3O2.C4H10.2C2H6/c1-6-24(3)19-27-12-10-26(23-34)21-30(27)33-16-15-32(14-8-13-31(7-2)17-18-35-5)29-20-25(4)9-11-28(29)22-33;1-3-4-2;2*1-2/h9-12,20-21,23-24,28-29H,6-8,13-19,22H2,1-5H3;3-4H2,1-2H3;2*1-2H3. The van der Waals surface area contributed by atoms with Crippen LogP contribution in [0.5, 0.6) is 0 Å². The fourth-order valence-electron chi connectivity index (χ4n) is 5.39. The zero-order valence-electron chi connectivity index (χ0n) is 30.1. The number of carbonyl (C=O) groups is 1. The fourth-order valence-corrected chi connectivity index (χ4v) is 5.39. The highest BCUT2D eigenvalue weighted by atomic mass is 16.5. The van der Waals surface area contributed by atoms with Crippen molar-refractivity contribution in [2.24, 2.45) is 11.8 Å². The van der Waals surface area contributed by atoms with Crippen LogP contribution >= 0.6 is 0 Å². The van der Waals surface area contributed by atoms with E-state index in [2.05, 4.69) is 86.6 Å². The number of unbranched alkanes of at least 4 members (excludes halogenated alkanes) is 1. The zero-order chi connectivity index (χ0) is 32.6. The van der Waals surface area contributed by atoms with E-state index in [1.165, 1.54) is 36.1 Å². The molecule has 0 aromatic heterocycles. The number of hydrogen-bond donors (Lipinski definition) is 0. The van der Waals surface area contributed by atoms with Crippen LogP contribution in [-0.2, 0) is 11.2 Å². The van der Waals surface area contributed by atoms with Gasteiger partial charge in [0.1, 0.15) is 6.29 Å². The second kappa shape index (κ2) is 25.4. The van der Waals surface area contributed by atoms with Crippen molar-refractivity contribution in [3.8, 4) is 0 Å². The maximum Gasteiger partial charge on any atom is 0.150 e. The predicted molar refractivity (Wildman–Crippen MR) is 191 cm³/mol. The highest BCUT2D eigenvalue weighted by Crippen LogP contribution is 2.31. The molecule has 0 radical (unpaired) electrons. The van der Waals surface area contributed by atoms with Gasteiger partial charge in [-0.2, -0.15) is 0 Å². The van der Waals surface area contributed by atoms with Crippen LogP contribution in [0.1, 0.15) is 111 Å². The molecular formula is C38H69N3O2. The van der Waals surface area contributed by atoms with Gasteiger partial charge in [-0.05, 0) is 50.4 Å². The topological polar surface area (TPSA) is 36.0 Å². The Morgan fingerprint density at radius 3 is 2.33 bits per heavy atom. The van der Waals surface area contributed by atoms with E-state index in [1.54, 1.807) is 7.11 Å². The summed E-state index contributed by atoms with van der Waals surface area (Å²) >= 11 is 0. The van der Waals surface area contributed by atoms with Crippen LogP contribution in [-0.4, -0.2) is 81.7 Å². The van der Waals surface area contributed by atoms with Gasteiger partial charge in [0.2, 0.25) is 0 Å². The lowest BCUT2D eigenvalue weighted by molar-refractivity contribution is 0.112. The number of methoxy groups -OCH3 is 1. The summed E-state index contributed by atoms with van der Waals surface area (Å²) in [5.74, 6) is 1.08. The normalized spacial score (nSPS) is 18.5. The highest BCUT2D eigenvalue weighted by Gasteiger charge is 2.32. The van der Waals surface area contributed by atoms with Crippen LogP contribution in [0.3, 0.4) is 0 Å². The maximum absolute atomic E-state index is 11.6. The molecule has 5 heteroatoms. The first-order valence-electron chi connectivity index (χ1n) is 17.5. The molecule has 1 aliphatic heterocycles. The third kappa shape index (κ3) is 15.1. The second-order valence-corrected chi connectivity index (χ2v) is 11.4. The number of nitrogens with zero attached hydrogens (tertiary/aromatic N) is 3. The Bertz CT molecular complexity index is 895. The van der Waals surface area contributed by atoms with E-state index in [-0.39, 0.29) is 0 Å². The van der Waals surface area contributed by atoms with Crippen LogP contribution in [0.25, 0.3) is 0 Å². The lowest BCUT2D eigenvalue weighted by Gasteiger charge is -2.34. The summed E-state index contributed by atoms with van der Waals surface area (Å²) in [5.41, 5.74) is 4.77. The molecule has 3 rings (SSSR count). The molecule has 0 spiro atoms. The molecule has 0 N–H and O–H groups in total. The van der Waals surface area contributed by atoms with Gasteiger partial charge in [-0.15, -0.1) is 0 Å². The Kier molecular flexibility index (Phi) is 24.2. The van der Waals surface area contributed by atoms with E-state index in [0.29, 0.717) is 17.9 Å². The van der Waals surface area contributed by atoms with Gasteiger partial charge >= 0.3 is 0 Å². The number of anilines is 1. The molecular weight excluding hydrogens is 530 g/mol. The number of aldehydes is 1. The van der Waals surface area contributed by atoms with Gasteiger partial charge in [0.25, 0.3) is 0 Å². The smallest absolute Gasteiger partial charge is 0.150 e. The molecule has 1 aliphatic carbocycles. The van der Waals surface area contributed by atoms with E-state index in [4.69, 9.17) is 4.74 Å². The van der Waals surface area contributed by atoms with Crippen molar-refractivity contribution in [3.05, 3.63) is 53.1 Å². The van der Waals surface area contributed by atoms with E-state index in [0.717, 1.165) is 77.1 Å². The number of benzene rings is 1. The van der Waals surface area contributed by atoms with Crippen molar-refractivity contribution >= 4 is 12.0 Å². The molecule has 1 aromatic rings. The minimum absolute atomic E-state index is 0.436. The van der Waals surface area contributed by atoms with Crippen molar-refractivity contribution in [3.63, 3.8) is 0 Å². The summed E-state index contributed by atoms with van der Waals surface area (Å²) in [6.07, 6.45) is 14.2. The molecule has 1 saturated heterocycles. The Hall–Kier alpha value is -1.95. The molecule has 1 fully saturated rings. The van der Waals surface area contributed by atoms with Gasteiger partial charge in [-0.3, -0.25) is 9.69 Å². The molecule has 0 saturated carbocycles. The third-order valence-corrected chi connectivity index (χ3v) is 8.32. The van der Waals surface area contributed by atoms with E-state index in [1.807, 2.05) is 33.8 Å². The first kappa shape index (κ1) is 41.0. The molecule has 1 heterocycles. The van der Waals surface area contributed by atoms with Gasteiger partial charge in [0, 0.05) is 63.0 Å². The number of rotatable bonds is 14. The Labute approximate surface area is 267 Å². The summed E-state index contributed by atoms with van der Waals surface area (Å²) in [6, 6.07) is 6.73. The van der Waals surface area contributed by atoms with E-state index in [9.17, 15) is 4.79 Å². The maximum atomic E-state index is 11.6. The van der Waals surface area contributed by atoms with Gasteiger partial charge in [-0.1, -0.05) is 118 Å². The van der Waals surface area contributed by atoms with Crippen LogP contribution in [0, 0.1) is 11.8 Å². The van der Waals surface area contributed by atoms with E-state index < -0.39 is 0 Å². The summed E-state index contributed by atoms with van der Waals surface area (Å²) < 4.78 is 5.29. The largest absolute Gasteiger partial charge is 0.383 e. The minimum Gasteiger partial charge on any atom is -0.383 e. The Morgan fingerprint density at radius 2 is 1.74 bits per heavy atom. The molecule has 1 aromatic carbocycles. The number of fused-ring (bicyclic) bond motifs is 1. The fraction of sp³-hybridized carbons (Fsp3) is 0.711. The quantitative estimate of drug-likeness (QED) is 0.200. The summed E-state index contributed by atoms with van der Waals surface area (Å²) in [5, 5.41) is 0. The number of likely N-dealkylation sites (N-methyl/N-ethyl adjacent to an activating group) is 1. The van der Waals surface area contributed by atoms with Crippen LogP contribution < -0.4 is 4.90 Å². The molecule has 5 nitrogen and oxygen atoms in total. The average molecular weight is 600 g/mol. The van der Waals surface area contributed by atoms with Crippen molar-refractivity contribution in [2.75, 3.05) is 64.4 Å². The third-order valence-electron chi connectivity index (χ3n) is 8.32. The highest BCUT2D eigenvalue weighted by molar-refractivity contribution is 5.78. The molecule has 43 heavy (non-hydrogen) atoms. The van der Waals surface area contributed by atoms with E-state index >= 15 is 0 Å². The first-order valence-corrected chi connectivity index (χ1v) is 17.5. The Balaban J connectivity index is 0.00000200. The summed E-state index contributed by atoms with van der Waals surface area (Å²) in [4.78, 5) is 19.4. The number of allylic oxidation sites excluding steroid dienone is 2. The molecule has 3 atom stereocenters. The van der Waals surface area contributed by atoms with Gasteiger partial charge in [-0.25, -0.2) is 0 Å². The number of ether oxygens (including phenoxy) is 1. The minimum atomic E-state index is 0.436. The Morgan fingerprint density at radius 1 is 1.05 bits per heavy atom. The zero-order valence-corrected chi connectivity index (χ0v) is 30.1. The lowest BCUT2D eigenvalue weighted by atomic mass is 9.90. The van der Waals surface area contributed by atoms with Crippen LogP contribution in [0.2, 0.25) is 0 Å². The van der Waals surface area contributed by atoms with Crippen LogP contribution in [0.4, 0.5) is 5.69 Å². The van der Waals surface area contributed by atoms with Gasteiger partial charge in [0.05, 0.1) is 6.61 Å². The van der Waals surface area contributed by atoms with Crippen molar-refractivity contribution in [1.82, 2.24) is 9.80 Å². The van der Waals surface area contributed by atoms with Crippen molar-refractivity contribution in [1.29, 1.82) is 0 Å². The SMILES string of the molecule is CC.CC.CCC(C)Cc1ccc(C=O)cc1N1CCN(CCCN(CC)CCOC)C2C=C(C)C=CC2C1.CCCC. The number of carbonyl (C=O) groups excluding carboxylic acids is 1. The van der Waals surface area contributed by atoms with Gasteiger partial charge < -0.3 is 14.5 Å².